The van der Waals surface area contributed by atoms with Crippen LogP contribution in [0.4, 0.5) is 0 Å². The van der Waals surface area contributed by atoms with E-state index in [1.807, 2.05) is 18.7 Å². The van der Waals surface area contributed by atoms with Crippen molar-refractivity contribution in [2.75, 3.05) is 20.1 Å². The first kappa shape index (κ1) is 12.2. The lowest BCUT2D eigenvalue weighted by Gasteiger charge is -2.26. The molecule has 0 aliphatic carbocycles. The van der Waals surface area contributed by atoms with Gasteiger partial charge in [-0.15, -0.1) is 0 Å². The van der Waals surface area contributed by atoms with Crippen molar-refractivity contribution >= 4 is 0 Å². The average molecular weight is 210 g/mol. The van der Waals surface area contributed by atoms with Gasteiger partial charge in [-0.25, -0.2) is 0 Å². The molecular weight excluding hydrogens is 188 g/mol. The molecule has 86 valence electrons. The van der Waals surface area contributed by atoms with Gasteiger partial charge < -0.3 is 5.73 Å². The van der Waals surface area contributed by atoms with E-state index in [9.17, 15) is 0 Å². The summed E-state index contributed by atoms with van der Waals surface area (Å²) in [6.07, 6.45) is 3.21. The Morgan fingerprint density at radius 3 is 2.67 bits per heavy atom. The van der Waals surface area contributed by atoms with Crippen LogP contribution in [0.3, 0.4) is 0 Å². The Bertz CT molecular complexity index is 306. The van der Waals surface area contributed by atoms with Crippen LogP contribution in [-0.4, -0.2) is 34.8 Å². The van der Waals surface area contributed by atoms with Crippen LogP contribution < -0.4 is 5.73 Å². The Labute approximate surface area is 92.1 Å². The number of nitrogens with two attached hydrogens (primary N) is 1. The number of aromatic nitrogens is 2. The lowest BCUT2D eigenvalue weighted by Crippen LogP contribution is -2.31. The van der Waals surface area contributed by atoms with E-state index in [1.54, 1.807) is 0 Å². The van der Waals surface area contributed by atoms with Crippen LogP contribution in [0.1, 0.15) is 30.6 Å². The molecule has 0 aliphatic rings. The summed E-state index contributed by atoms with van der Waals surface area (Å²) in [5, 5.41) is 4.36. The molecule has 0 fully saturated rings. The maximum Gasteiger partial charge on any atom is 0.0641 e. The zero-order valence-electron chi connectivity index (χ0n) is 10.2. The second-order valence-corrected chi connectivity index (χ2v) is 4.08. The number of hydrogen-bond acceptors (Lipinski definition) is 3. The topological polar surface area (TPSA) is 47.1 Å². The SMILES string of the molecule is CCCN(C)C(CN)c1cn(C)nc1C. The van der Waals surface area contributed by atoms with Gasteiger partial charge in [0.05, 0.1) is 11.7 Å². The van der Waals surface area contributed by atoms with Gasteiger partial charge in [0.1, 0.15) is 0 Å². The fourth-order valence-electron chi connectivity index (χ4n) is 2.00. The third-order valence-electron chi connectivity index (χ3n) is 2.74. The van der Waals surface area contributed by atoms with Crippen molar-refractivity contribution < 1.29 is 0 Å². The summed E-state index contributed by atoms with van der Waals surface area (Å²) in [6.45, 7) is 5.93. The van der Waals surface area contributed by atoms with Crippen LogP contribution in [0.15, 0.2) is 6.20 Å². The molecule has 0 saturated carbocycles. The summed E-state index contributed by atoms with van der Waals surface area (Å²) in [7, 11) is 4.07. The normalized spacial score (nSPS) is 13.5. The smallest absolute Gasteiger partial charge is 0.0641 e. The van der Waals surface area contributed by atoms with Gasteiger partial charge in [-0.1, -0.05) is 6.92 Å². The van der Waals surface area contributed by atoms with Gasteiger partial charge >= 0.3 is 0 Å². The lowest BCUT2D eigenvalue weighted by atomic mass is 10.1. The van der Waals surface area contributed by atoms with Crippen molar-refractivity contribution in [2.24, 2.45) is 12.8 Å². The van der Waals surface area contributed by atoms with E-state index in [0.29, 0.717) is 12.6 Å². The molecule has 1 aromatic rings. The van der Waals surface area contributed by atoms with Gasteiger partial charge in [0.2, 0.25) is 0 Å². The molecule has 0 aromatic carbocycles. The fraction of sp³-hybridized carbons (Fsp3) is 0.727. The van der Waals surface area contributed by atoms with Crippen molar-refractivity contribution in [1.82, 2.24) is 14.7 Å². The highest BCUT2D eigenvalue weighted by Crippen LogP contribution is 2.20. The van der Waals surface area contributed by atoms with Crippen LogP contribution >= 0.6 is 0 Å². The predicted molar refractivity (Wildman–Crippen MR) is 62.7 cm³/mol. The lowest BCUT2D eigenvalue weighted by molar-refractivity contribution is 0.250. The molecule has 4 heteroatoms. The van der Waals surface area contributed by atoms with Gasteiger partial charge in [0.15, 0.2) is 0 Å². The minimum atomic E-state index is 0.290. The van der Waals surface area contributed by atoms with E-state index in [1.165, 1.54) is 5.56 Å². The van der Waals surface area contributed by atoms with Gasteiger partial charge in [-0.3, -0.25) is 9.58 Å². The fourth-order valence-corrected chi connectivity index (χ4v) is 2.00. The molecule has 1 aromatic heterocycles. The number of likely N-dealkylation sites (N-methyl/N-ethyl adjacent to an activating group) is 1. The van der Waals surface area contributed by atoms with Crippen LogP contribution in [0.2, 0.25) is 0 Å². The van der Waals surface area contributed by atoms with Gasteiger partial charge in [-0.05, 0) is 26.9 Å². The second kappa shape index (κ2) is 5.28. The summed E-state index contributed by atoms with van der Waals surface area (Å²) >= 11 is 0. The van der Waals surface area contributed by atoms with Gasteiger partial charge in [-0.2, -0.15) is 5.10 Å². The van der Waals surface area contributed by atoms with Crippen molar-refractivity contribution in [3.63, 3.8) is 0 Å². The Kier molecular flexibility index (Phi) is 4.29. The molecule has 0 aliphatic heterocycles. The molecule has 1 rings (SSSR count). The van der Waals surface area contributed by atoms with Crippen molar-refractivity contribution in [1.29, 1.82) is 0 Å². The standard InChI is InChI=1S/C11H22N4/c1-5-6-14(3)11(7-12)10-8-15(4)13-9(10)2/h8,11H,5-7,12H2,1-4H3. The Morgan fingerprint density at radius 2 is 2.27 bits per heavy atom. The van der Waals surface area contributed by atoms with E-state index in [4.69, 9.17) is 5.73 Å². The molecule has 0 saturated heterocycles. The van der Waals surface area contributed by atoms with E-state index in [0.717, 1.165) is 18.7 Å². The van der Waals surface area contributed by atoms with Crippen molar-refractivity contribution in [3.8, 4) is 0 Å². The number of nitrogens with zero attached hydrogens (tertiary/aromatic N) is 3. The summed E-state index contributed by atoms with van der Waals surface area (Å²) < 4.78 is 1.85. The number of hydrogen-bond donors (Lipinski definition) is 1. The third-order valence-corrected chi connectivity index (χ3v) is 2.74. The van der Waals surface area contributed by atoms with Crippen LogP contribution in [-0.2, 0) is 7.05 Å². The molecule has 0 radical (unpaired) electrons. The van der Waals surface area contributed by atoms with Crippen molar-refractivity contribution in [2.45, 2.75) is 26.3 Å². The summed E-state index contributed by atoms with van der Waals surface area (Å²) in [4.78, 5) is 2.30. The molecule has 1 unspecified atom stereocenters. The van der Waals surface area contributed by atoms with E-state index in [-0.39, 0.29) is 0 Å². The first-order chi connectivity index (χ1) is 7.10. The molecule has 4 nitrogen and oxygen atoms in total. The van der Waals surface area contributed by atoms with E-state index < -0.39 is 0 Å². The molecular formula is C11H22N4. The second-order valence-electron chi connectivity index (χ2n) is 4.08. The summed E-state index contributed by atoms with van der Waals surface area (Å²) in [6, 6.07) is 0.290. The Balaban J connectivity index is 2.86. The first-order valence-corrected chi connectivity index (χ1v) is 5.50. The summed E-state index contributed by atoms with van der Waals surface area (Å²) in [5.41, 5.74) is 8.16. The van der Waals surface area contributed by atoms with E-state index >= 15 is 0 Å². The summed E-state index contributed by atoms with van der Waals surface area (Å²) in [5.74, 6) is 0. The highest BCUT2D eigenvalue weighted by atomic mass is 15.3. The molecule has 15 heavy (non-hydrogen) atoms. The van der Waals surface area contributed by atoms with E-state index in [2.05, 4.69) is 30.2 Å². The number of aryl methyl sites for hydroxylation is 2. The van der Waals surface area contributed by atoms with Gasteiger partial charge in [0, 0.05) is 25.4 Å². The average Bonchev–Trinajstić information content (AvgIpc) is 2.47. The maximum absolute atomic E-state index is 5.84. The van der Waals surface area contributed by atoms with Crippen LogP contribution in [0.25, 0.3) is 0 Å². The minimum Gasteiger partial charge on any atom is -0.329 e. The molecule has 1 atom stereocenters. The largest absolute Gasteiger partial charge is 0.329 e. The number of rotatable bonds is 5. The zero-order valence-corrected chi connectivity index (χ0v) is 10.2. The monoisotopic (exact) mass is 210 g/mol. The third kappa shape index (κ3) is 2.79. The highest BCUT2D eigenvalue weighted by Gasteiger charge is 2.18. The quantitative estimate of drug-likeness (QED) is 0.791. The van der Waals surface area contributed by atoms with Crippen LogP contribution in [0.5, 0.6) is 0 Å². The molecule has 0 amide bonds. The molecule has 0 bridgehead atoms. The van der Waals surface area contributed by atoms with Crippen molar-refractivity contribution in [3.05, 3.63) is 17.5 Å². The zero-order chi connectivity index (χ0) is 11.4. The maximum atomic E-state index is 5.84. The first-order valence-electron chi connectivity index (χ1n) is 5.50. The molecule has 2 N–H and O–H groups in total. The van der Waals surface area contributed by atoms with Gasteiger partial charge in [0.25, 0.3) is 0 Å². The highest BCUT2D eigenvalue weighted by molar-refractivity contribution is 5.20. The Morgan fingerprint density at radius 1 is 1.60 bits per heavy atom. The Hall–Kier alpha value is -0.870. The molecule has 1 heterocycles. The predicted octanol–water partition coefficient (Wildman–Crippen LogP) is 1.07. The minimum absolute atomic E-state index is 0.290. The van der Waals surface area contributed by atoms with Crippen LogP contribution in [0, 0.1) is 6.92 Å². The molecule has 0 spiro atoms.